The maximum atomic E-state index is 12.2. The smallest absolute Gasteiger partial charge is 0.407 e. The third kappa shape index (κ3) is 3.76. The fourth-order valence-electron chi connectivity index (χ4n) is 3.87. The van der Waals surface area contributed by atoms with Crippen molar-refractivity contribution in [3.8, 4) is 11.1 Å². The zero-order valence-electron chi connectivity index (χ0n) is 16.1. The van der Waals surface area contributed by atoms with Crippen LogP contribution in [0.5, 0.6) is 0 Å². The molecule has 6 heteroatoms. The summed E-state index contributed by atoms with van der Waals surface area (Å²) in [5, 5.41) is 12.8. The first-order valence-corrected chi connectivity index (χ1v) is 9.53. The largest absolute Gasteiger partial charge is 0.449 e. The van der Waals surface area contributed by atoms with Gasteiger partial charge in [0.05, 0.1) is 12.7 Å². The summed E-state index contributed by atoms with van der Waals surface area (Å²) in [6.07, 6.45) is -1.88. The van der Waals surface area contributed by atoms with Crippen LogP contribution in [-0.4, -0.2) is 49.0 Å². The first-order valence-electron chi connectivity index (χ1n) is 9.53. The van der Waals surface area contributed by atoms with Crippen molar-refractivity contribution in [2.24, 2.45) is 0 Å². The van der Waals surface area contributed by atoms with Crippen LogP contribution in [0.15, 0.2) is 48.5 Å². The van der Waals surface area contributed by atoms with Crippen LogP contribution in [0.4, 0.5) is 4.79 Å². The predicted octanol–water partition coefficient (Wildman–Crippen LogP) is 3.04. The average Bonchev–Trinajstić information content (AvgIpc) is 3.22. The fourth-order valence-corrected chi connectivity index (χ4v) is 3.87. The van der Waals surface area contributed by atoms with Gasteiger partial charge in [-0.15, -0.1) is 0 Å². The Bertz CT molecular complexity index is 820. The van der Waals surface area contributed by atoms with Crippen LogP contribution in [0.2, 0.25) is 0 Å². The summed E-state index contributed by atoms with van der Waals surface area (Å²) in [5.74, 6) is -0.703. The van der Waals surface area contributed by atoms with Gasteiger partial charge in [-0.1, -0.05) is 48.5 Å². The maximum absolute atomic E-state index is 12.2. The van der Waals surface area contributed by atoms with E-state index in [0.29, 0.717) is 6.61 Å². The lowest BCUT2D eigenvalue weighted by molar-refractivity contribution is -0.150. The molecule has 1 aliphatic heterocycles. The minimum absolute atomic E-state index is 0.00966. The summed E-state index contributed by atoms with van der Waals surface area (Å²) in [5.41, 5.74) is 4.69. The van der Waals surface area contributed by atoms with Gasteiger partial charge < -0.3 is 24.6 Å². The summed E-state index contributed by atoms with van der Waals surface area (Å²) in [6.45, 7) is 4.16. The highest BCUT2D eigenvalue weighted by Gasteiger charge is 2.37. The number of rotatable bonds is 5. The summed E-state index contributed by atoms with van der Waals surface area (Å²) in [6, 6.07) is 16.4. The van der Waals surface area contributed by atoms with Gasteiger partial charge in [0.25, 0.3) is 0 Å². The number of aliphatic hydroxyl groups is 1. The van der Waals surface area contributed by atoms with E-state index in [-0.39, 0.29) is 19.1 Å². The Morgan fingerprint density at radius 3 is 2.36 bits per heavy atom. The minimum Gasteiger partial charge on any atom is -0.449 e. The molecule has 2 aromatic rings. The molecule has 1 unspecified atom stereocenters. The highest BCUT2D eigenvalue weighted by Crippen LogP contribution is 2.44. The second kappa shape index (κ2) is 7.54. The molecule has 4 rings (SSSR count). The summed E-state index contributed by atoms with van der Waals surface area (Å²) in [7, 11) is 0. The molecule has 1 saturated heterocycles. The van der Waals surface area contributed by atoms with Crippen LogP contribution in [-0.2, 0) is 14.2 Å². The Morgan fingerprint density at radius 1 is 1.18 bits per heavy atom. The normalized spacial score (nSPS) is 21.0. The topological polar surface area (TPSA) is 77.0 Å². The van der Waals surface area contributed by atoms with E-state index in [0.717, 1.165) is 11.1 Å². The van der Waals surface area contributed by atoms with E-state index in [9.17, 15) is 9.90 Å². The van der Waals surface area contributed by atoms with Crippen LogP contribution in [0.25, 0.3) is 11.1 Å². The molecule has 1 fully saturated rings. The van der Waals surface area contributed by atoms with Crippen molar-refractivity contribution in [1.82, 2.24) is 5.32 Å². The van der Waals surface area contributed by atoms with Crippen LogP contribution in [0, 0.1) is 0 Å². The molecule has 0 saturated carbocycles. The van der Waals surface area contributed by atoms with Crippen molar-refractivity contribution in [1.29, 1.82) is 0 Å². The molecule has 6 nitrogen and oxygen atoms in total. The molecule has 0 radical (unpaired) electrons. The molecule has 1 heterocycles. The zero-order valence-corrected chi connectivity index (χ0v) is 16.1. The maximum Gasteiger partial charge on any atom is 0.407 e. The fraction of sp³-hybridized carbons (Fsp3) is 0.409. The second-order valence-corrected chi connectivity index (χ2v) is 7.64. The van der Waals surface area contributed by atoms with Gasteiger partial charge in [0.1, 0.15) is 12.7 Å². The number of amides is 1. The van der Waals surface area contributed by atoms with Crippen molar-refractivity contribution in [2.45, 2.75) is 37.8 Å². The van der Waals surface area contributed by atoms with Crippen LogP contribution in [0.3, 0.4) is 0 Å². The van der Waals surface area contributed by atoms with Crippen LogP contribution >= 0.6 is 0 Å². The molecule has 28 heavy (non-hydrogen) atoms. The Balaban J connectivity index is 1.33. The van der Waals surface area contributed by atoms with Gasteiger partial charge in [0.15, 0.2) is 5.79 Å². The molecular formula is C22H25NO5. The van der Waals surface area contributed by atoms with Gasteiger partial charge in [0.2, 0.25) is 0 Å². The molecular weight excluding hydrogens is 358 g/mol. The molecule has 0 bridgehead atoms. The first kappa shape index (κ1) is 18.9. The van der Waals surface area contributed by atoms with E-state index >= 15 is 0 Å². The number of aliphatic hydroxyl groups excluding tert-OH is 1. The van der Waals surface area contributed by atoms with Crippen LogP contribution < -0.4 is 5.32 Å². The van der Waals surface area contributed by atoms with E-state index in [1.165, 1.54) is 11.1 Å². The molecule has 2 atom stereocenters. The van der Waals surface area contributed by atoms with Crippen molar-refractivity contribution in [3.63, 3.8) is 0 Å². The summed E-state index contributed by atoms with van der Waals surface area (Å²) in [4.78, 5) is 12.2. The predicted molar refractivity (Wildman–Crippen MR) is 104 cm³/mol. The molecule has 2 aliphatic rings. The van der Waals surface area contributed by atoms with Crippen molar-refractivity contribution in [2.75, 3.05) is 19.8 Å². The molecule has 0 aromatic heterocycles. The van der Waals surface area contributed by atoms with Crippen molar-refractivity contribution >= 4 is 6.09 Å². The number of nitrogens with one attached hydrogen (secondary N) is 1. The van der Waals surface area contributed by atoms with Crippen LogP contribution in [0.1, 0.15) is 30.9 Å². The quantitative estimate of drug-likeness (QED) is 0.830. The number of carbonyl (C=O) groups is 1. The van der Waals surface area contributed by atoms with E-state index in [1.807, 2.05) is 24.3 Å². The molecule has 2 aromatic carbocycles. The third-order valence-electron chi connectivity index (χ3n) is 5.26. The lowest BCUT2D eigenvalue weighted by Gasteiger charge is -2.21. The lowest BCUT2D eigenvalue weighted by Crippen LogP contribution is -2.41. The highest BCUT2D eigenvalue weighted by atomic mass is 16.7. The van der Waals surface area contributed by atoms with E-state index in [1.54, 1.807) is 13.8 Å². The Morgan fingerprint density at radius 2 is 1.79 bits per heavy atom. The van der Waals surface area contributed by atoms with Gasteiger partial charge in [-0.25, -0.2) is 4.79 Å². The number of benzene rings is 2. The van der Waals surface area contributed by atoms with Gasteiger partial charge >= 0.3 is 6.09 Å². The Hall–Kier alpha value is -2.41. The Kier molecular flexibility index (Phi) is 5.10. The average molecular weight is 383 g/mol. The number of hydrogen-bond donors (Lipinski definition) is 2. The number of alkyl carbamates (subject to hydrolysis) is 1. The molecule has 1 amide bonds. The molecule has 2 N–H and O–H groups in total. The highest BCUT2D eigenvalue weighted by molar-refractivity contribution is 5.79. The van der Waals surface area contributed by atoms with Gasteiger partial charge in [0, 0.05) is 12.5 Å². The third-order valence-corrected chi connectivity index (χ3v) is 5.26. The number of hydrogen-bond acceptors (Lipinski definition) is 5. The van der Waals surface area contributed by atoms with E-state index in [4.69, 9.17) is 14.2 Å². The van der Waals surface area contributed by atoms with E-state index in [2.05, 4.69) is 29.6 Å². The SMILES string of the molecule is CC1(C)OC[C@H](C(O)CNC(=O)OCC2c3ccccc3-c3ccccc32)O1. The minimum atomic E-state index is -0.859. The van der Waals surface area contributed by atoms with Gasteiger partial charge in [-0.05, 0) is 36.1 Å². The number of ether oxygens (including phenoxy) is 3. The van der Waals surface area contributed by atoms with Gasteiger partial charge in [-0.2, -0.15) is 0 Å². The molecule has 0 spiro atoms. The lowest BCUT2D eigenvalue weighted by atomic mass is 9.98. The molecule has 1 aliphatic carbocycles. The van der Waals surface area contributed by atoms with Crippen molar-refractivity contribution in [3.05, 3.63) is 59.7 Å². The number of fused-ring (bicyclic) bond motifs is 3. The zero-order chi connectivity index (χ0) is 19.7. The monoisotopic (exact) mass is 383 g/mol. The standard InChI is InChI=1S/C22H25NO5/c1-22(2)27-13-20(28-22)19(24)11-23-21(25)26-12-18-16-9-5-3-7-14(16)15-8-4-6-10-17(15)18/h3-10,18-20,24H,11-13H2,1-2H3,(H,23,25)/t19?,20-/m1/s1. The van der Waals surface area contributed by atoms with E-state index < -0.39 is 24.1 Å². The number of carbonyl (C=O) groups excluding carboxylic acids is 1. The molecule has 148 valence electrons. The second-order valence-electron chi connectivity index (χ2n) is 7.64. The Labute approximate surface area is 164 Å². The first-order chi connectivity index (χ1) is 13.4. The van der Waals surface area contributed by atoms with Gasteiger partial charge in [-0.3, -0.25) is 0 Å². The summed E-state index contributed by atoms with van der Waals surface area (Å²) >= 11 is 0. The van der Waals surface area contributed by atoms with Crippen molar-refractivity contribution < 1.29 is 24.1 Å². The summed E-state index contributed by atoms with van der Waals surface area (Å²) < 4.78 is 16.5.